The predicted octanol–water partition coefficient (Wildman–Crippen LogP) is 0.718. The summed E-state index contributed by atoms with van der Waals surface area (Å²) in [5, 5.41) is 8.17. The van der Waals surface area contributed by atoms with Gasteiger partial charge in [0.1, 0.15) is 17.3 Å². The summed E-state index contributed by atoms with van der Waals surface area (Å²) in [5.74, 6) is -0.299. The highest BCUT2D eigenvalue weighted by atomic mass is 32.2. The van der Waals surface area contributed by atoms with Crippen molar-refractivity contribution in [2.45, 2.75) is 5.75 Å². The largest absolute Gasteiger partial charge is 0.468 e. The van der Waals surface area contributed by atoms with Crippen LogP contribution in [0, 0.1) is 11.3 Å². The molecule has 1 aromatic rings. The minimum atomic E-state index is -3.31. The van der Waals surface area contributed by atoms with Gasteiger partial charge in [0, 0.05) is 0 Å². The summed E-state index contributed by atoms with van der Waals surface area (Å²) in [6, 6.07) is 4.76. The summed E-state index contributed by atoms with van der Waals surface area (Å²) < 4.78 is 26.9. The maximum Gasteiger partial charge on any atom is 0.170 e. The van der Waals surface area contributed by atoms with Crippen LogP contribution in [0.25, 0.3) is 0 Å². The minimum Gasteiger partial charge on any atom is -0.468 e. The lowest BCUT2D eigenvalue weighted by Crippen LogP contribution is -2.06. The molecule has 0 spiro atoms. The fourth-order valence-electron chi connectivity index (χ4n) is 0.761. The van der Waals surface area contributed by atoms with Crippen LogP contribution >= 0.6 is 0 Å². The van der Waals surface area contributed by atoms with Crippen molar-refractivity contribution in [3.05, 3.63) is 24.2 Å². The molecule has 5 heteroatoms. The first kappa shape index (κ1) is 8.81. The molecule has 0 fully saturated rings. The van der Waals surface area contributed by atoms with Gasteiger partial charge >= 0.3 is 0 Å². The van der Waals surface area contributed by atoms with Crippen molar-refractivity contribution in [1.82, 2.24) is 0 Å². The van der Waals surface area contributed by atoms with Gasteiger partial charge in [-0.15, -0.1) is 0 Å². The first-order chi connectivity index (χ1) is 5.64. The standard InChI is InChI=1S/C7H7NO3S/c8-3-5-12(9,10)6-7-2-1-4-11-7/h1-2,4H,5-6H2. The molecule has 0 N–H and O–H groups in total. The molecule has 4 nitrogen and oxygen atoms in total. The van der Waals surface area contributed by atoms with Gasteiger partial charge in [-0.2, -0.15) is 5.26 Å². The Labute approximate surface area is 70.3 Å². The maximum absolute atomic E-state index is 11.0. The Morgan fingerprint density at radius 1 is 1.58 bits per heavy atom. The minimum absolute atomic E-state index is 0.201. The third-order valence-corrected chi connectivity index (χ3v) is 2.52. The third kappa shape index (κ3) is 2.40. The Morgan fingerprint density at radius 3 is 2.83 bits per heavy atom. The smallest absolute Gasteiger partial charge is 0.170 e. The maximum atomic E-state index is 11.0. The van der Waals surface area contributed by atoms with Crippen LogP contribution in [-0.4, -0.2) is 14.2 Å². The van der Waals surface area contributed by atoms with Crippen molar-refractivity contribution in [3.8, 4) is 6.07 Å². The van der Waals surface area contributed by atoms with Gasteiger partial charge in [-0.1, -0.05) is 0 Å². The molecular formula is C7H7NO3S. The molecule has 0 radical (unpaired) electrons. The van der Waals surface area contributed by atoms with Crippen molar-refractivity contribution in [2.75, 3.05) is 5.75 Å². The zero-order valence-corrected chi connectivity index (χ0v) is 7.04. The zero-order chi connectivity index (χ0) is 9.03. The highest BCUT2D eigenvalue weighted by Gasteiger charge is 2.12. The second-order valence-corrected chi connectivity index (χ2v) is 4.33. The summed E-state index contributed by atoms with van der Waals surface area (Å²) in [6.45, 7) is 0. The van der Waals surface area contributed by atoms with Crippen molar-refractivity contribution < 1.29 is 12.8 Å². The molecule has 0 aliphatic rings. The van der Waals surface area contributed by atoms with Gasteiger partial charge in [0.15, 0.2) is 9.84 Å². The van der Waals surface area contributed by atoms with E-state index in [1.54, 1.807) is 18.2 Å². The summed E-state index contributed by atoms with van der Waals surface area (Å²) in [7, 11) is -3.31. The van der Waals surface area contributed by atoms with E-state index in [0.717, 1.165) is 0 Å². The average Bonchev–Trinajstić information content (AvgIpc) is 2.38. The molecule has 0 aliphatic heterocycles. The molecule has 0 unspecified atom stereocenters. The Bertz CT molecular complexity index is 371. The van der Waals surface area contributed by atoms with Crippen molar-refractivity contribution in [3.63, 3.8) is 0 Å². The summed E-state index contributed by atoms with van der Waals surface area (Å²) in [4.78, 5) is 0. The third-order valence-electron chi connectivity index (χ3n) is 1.23. The van der Waals surface area contributed by atoms with Crippen molar-refractivity contribution in [2.24, 2.45) is 0 Å². The number of rotatable bonds is 3. The zero-order valence-electron chi connectivity index (χ0n) is 6.23. The SMILES string of the molecule is N#CCS(=O)(=O)Cc1ccco1. The highest BCUT2D eigenvalue weighted by Crippen LogP contribution is 2.06. The van der Waals surface area contributed by atoms with Gasteiger partial charge < -0.3 is 4.42 Å². The number of nitrogens with zero attached hydrogens (tertiary/aromatic N) is 1. The average molecular weight is 185 g/mol. The van der Waals surface area contributed by atoms with Crippen LogP contribution in [0.2, 0.25) is 0 Å². The van der Waals surface area contributed by atoms with Gasteiger partial charge in [-0.25, -0.2) is 8.42 Å². The van der Waals surface area contributed by atoms with E-state index in [-0.39, 0.29) is 5.75 Å². The molecular weight excluding hydrogens is 178 g/mol. The summed E-state index contributed by atoms with van der Waals surface area (Å²) >= 11 is 0. The lowest BCUT2D eigenvalue weighted by atomic mass is 10.5. The fraction of sp³-hybridized carbons (Fsp3) is 0.286. The van der Waals surface area contributed by atoms with E-state index in [4.69, 9.17) is 9.68 Å². The van der Waals surface area contributed by atoms with Crippen LogP contribution in [0.15, 0.2) is 22.8 Å². The highest BCUT2D eigenvalue weighted by molar-refractivity contribution is 7.90. The topological polar surface area (TPSA) is 71.1 Å². The van der Waals surface area contributed by atoms with Gasteiger partial charge in [-0.3, -0.25) is 0 Å². The van der Waals surface area contributed by atoms with E-state index >= 15 is 0 Å². The van der Waals surface area contributed by atoms with Crippen LogP contribution in [0.5, 0.6) is 0 Å². The van der Waals surface area contributed by atoms with Crippen molar-refractivity contribution >= 4 is 9.84 Å². The number of sulfone groups is 1. The van der Waals surface area contributed by atoms with E-state index in [0.29, 0.717) is 5.76 Å². The fourth-order valence-corrected chi connectivity index (χ4v) is 1.66. The Morgan fingerprint density at radius 2 is 2.33 bits per heavy atom. The molecule has 0 saturated heterocycles. The first-order valence-electron chi connectivity index (χ1n) is 3.24. The molecule has 0 saturated carbocycles. The molecule has 1 aromatic heterocycles. The van der Waals surface area contributed by atoms with E-state index in [9.17, 15) is 8.42 Å². The second-order valence-electron chi connectivity index (χ2n) is 2.27. The number of hydrogen-bond acceptors (Lipinski definition) is 4. The van der Waals surface area contributed by atoms with Gasteiger partial charge in [0.25, 0.3) is 0 Å². The number of nitriles is 1. The molecule has 0 amide bonds. The van der Waals surface area contributed by atoms with Crippen LogP contribution in [0.3, 0.4) is 0 Å². The molecule has 0 aliphatic carbocycles. The van der Waals surface area contributed by atoms with E-state index in [1.807, 2.05) is 0 Å². The van der Waals surface area contributed by atoms with Crippen LogP contribution in [0.1, 0.15) is 5.76 Å². The van der Waals surface area contributed by atoms with Crippen molar-refractivity contribution in [1.29, 1.82) is 5.26 Å². The van der Waals surface area contributed by atoms with Gasteiger partial charge in [-0.05, 0) is 12.1 Å². The normalized spacial score (nSPS) is 10.9. The quantitative estimate of drug-likeness (QED) is 0.695. The Kier molecular flexibility index (Phi) is 2.51. The Hall–Kier alpha value is -1.28. The molecule has 0 aromatic carbocycles. The summed E-state index contributed by atoms with van der Waals surface area (Å²) in [5.41, 5.74) is 0. The second kappa shape index (κ2) is 3.41. The molecule has 1 heterocycles. The monoisotopic (exact) mass is 185 g/mol. The Balaban J connectivity index is 2.71. The molecule has 1 rings (SSSR count). The van der Waals surface area contributed by atoms with Gasteiger partial charge in [0.05, 0.1) is 12.3 Å². The lowest BCUT2D eigenvalue weighted by molar-refractivity contribution is 0.521. The first-order valence-corrected chi connectivity index (χ1v) is 5.06. The molecule has 12 heavy (non-hydrogen) atoms. The van der Waals surface area contributed by atoms with Crippen LogP contribution in [0.4, 0.5) is 0 Å². The van der Waals surface area contributed by atoms with E-state index < -0.39 is 15.6 Å². The van der Waals surface area contributed by atoms with Crippen LogP contribution in [-0.2, 0) is 15.6 Å². The lowest BCUT2D eigenvalue weighted by Gasteiger charge is -1.94. The molecule has 0 bridgehead atoms. The summed E-state index contributed by atoms with van der Waals surface area (Å²) in [6.07, 6.45) is 1.40. The number of furan rings is 1. The van der Waals surface area contributed by atoms with Crippen LogP contribution < -0.4 is 0 Å². The molecule has 0 atom stereocenters. The number of hydrogen-bond donors (Lipinski definition) is 0. The van der Waals surface area contributed by atoms with E-state index in [1.165, 1.54) is 6.26 Å². The molecule has 64 valence electrons. The van der Waals surface area contributed by atoms with E-state index in [2.05, 4.69) is 0 Å². The predicted molar refractivity (Wildman–Crippen MR) is 41.8 cm³/mol. The van der Waals surface area contributed by atoms with Gasteiger partial charge in [0.2, 0.25) is 0 Å².